The molecule has 6 heteroatoms. The van der Waals surface area contributed by atoms with Crippen molar-refractivity contribution in [1.82, 2.24) is 4.98 Å². The molecule has 0 spiro atoms. The molecular weight excluding hydrogens is 681 g/mol. The van der Waals surface area contributed by atoms with E-state index < -0.39 is 0 Å². The maximum atomic E-state index is 6.43. The fraction of sp³-hybridized carbons (Fsp3) is 0. The van der Waals surface area contributed by atoms with Crippen LogP contribution < -0.4 is 4.90 Å². The lowest BCUT2D eigenvalue weighted by Gasteiger charge is -2.26. The summed E-state index contributed by atoms with van der Waals surface area (Å²) < 4.78 is 25.0. The molecule has 6 nitrogen and oxygen atoms in total. The predicted octanol–water partition coefficient (Wildman–Crippen LogP) is 14.3. The lowest BCUT2D eigenvalue weighted by molar-refractivity contribution is 0.620. The van der Waals surface area contributed by atoms with E-state index in [4.69, 9.17) is 22.7 Å². The summed E-state index contributed by atoms with van der Waals surface area (Å²) in [6.45, 7) is 0. The minimum atomic E-state index is 0.600. The van der Waals surface area contributed by atoms with E-state index in [2.05, 4.69) is 108 Å². The number of rotatable bonds is 5. The monoisotopic (exact) mass is 708 g/mol. The SMILES string of the molecule is c1ccc(-c2nc3cc4oc5cc(-c6ccc(N(c7ccc8oc9ccccc9c8c7)c7ccc8oc9ccccc9c8c7)cc6)ccc5c4cc3o2)cc1. The van der Waals surface area contributed by atoms with Crippen LogP contribution >= 0.6 is 0 Å². The molecule has 0 saturated heterocycles. The third-order valence-electron chi connectivity index (χ3n) is 10.7. The van der Waals surface area contributed by atoms with Crippen molar-refractivity contribution >= 4 is 94.0 Å². The van der Waals surface area contributed by atoms with Gasteiger partial charge in [0.1, 0.15) is 39.0 Å². The molecule has 0 bridgehead atoms. The Hall–Kier alpha value is -7.57. The lowest BCUT2D eigenvalue weighted by atomic mass is 10.0. The Kier molecular flexibility index (Phi) is 6.24. The third kappa shape index (κ3) is 4.71. The zero-order valence-corrected chi connectivity index (χ0v) is 29.2. The fourth-order valence-electron chi connectivity index (χ4n) is 8.04. The zero-order valence-electron chi connectivity index (χ0n) is 29.2. The number of fused-ring (bicyclic) bond motifs is 10. The molecule has 0 amide bonds. The number of benzene rings is 8. The predicted molar refractivity (Wildman–Crippen MR) is 221 cm³/mol. The first-order valence-corrected chi connectivity index (χ1v) is 18.3. The summed E-state index contributed by atoms with van der Waals surface area (Å²) in [7, 11) is 0. The van der Waals surface area contributed by atoms with E-state index in [1.54, 1.807) is 0 Å². The Morgan fingerprint density at radius 2 is 0.836 bits per heavy atom. The van der Waals surface area contributed by atoms with Gasteiger partial charge in [0.05, 0.1) is 0 Å². The molecule has 55 heavy (non-hydrogen) atoms. The molecule has 0 fully saturated rings. The van der Waals surface area contributed by atoms with E-state index >= 15 is 0 Å². The molecule has 0 aliphatic heterocycles. The van der Waals surface area contributed by atoms with Gasteiger partial charge in [-0.05, 0) is 102 Å². The van der Waals surface area contributed by atoms with Crippen LogP contribution in [0.4, 0.5) is 17.1 Å². The van der Waals surface area contributed by atoms with Crippen molar-refractivity contribution < 1.29 is 17.7 Å². The maximum absolute atomic E-state index is 6.43. The van der Waals surface area contributed by atoms with Crippen molar-refractivity contribution in [3.05, 3.63) is 170 Å². The van der Waals surface area contributed by atoms with Gasteiger partial charge in [-0.25, -0.2) is 4.98 Å². The minimum absolute atomic E-state index is 0.600. The van der Waals surface area contributed by atoms with Gasteiger partial charge in [0.25, 0.3) is 0 Å². The van der Waals surface area contributed by atoms with Crippen molar-refractivity contribution in [1.29, 1.82) is 0 Å². The number of oxazole rings is 1. The van der Waals surface area contributed by atoms with Gasteiger partial charge in [-0.1, -0.05) is 72.8 Å². The summed E-state index contributed by atoms with van der Waals surface area (Å²) in [6, 6.07) is 58.3. The summed E-state index contributed by atoms with van der Waals surface area (Å²) in [4.78, 5) is 7.04. The largest absolute Gasteiger partial charge is 0.456 e. The van der Waals surface area contributed by atoms with E-state index in [9.17, 15) is 0 Å². The Balaban J connectivity index is 0.948. The molecule has 0 saturated carbocycles. The normalized spacial score (nSPS) is 12.0. The summed E-state index contributed by atoms with van der Waals surface area (Å²) in [6.07, 6.45) is 0. The van der Waals surface area contributed by atoms with Gasteiger partial charge < -0.3 is 22.6 Å². The molecule has 4 heterocycles. The van der Waals surface area contributed by atoms with Crippen LogP contribution in [-0.2, 0) is 0 Å². The van der Waals surface area contributed by atoms with E-state index in [1.165, 1.54) is 0 Å². The zero-order chi connectivity index (χ0) is 36.0. The van der Waals surface area contributed by atoms with Gasteiger partial charge in [0.15, 0.2) is 5.58 Å². The Bertz CT molecular complexity index is 3330. The molecule has 258 valence electrons. The second-order valence-electron chi connectivity index (χ2n) is 14.0. The molecule has 0 aliphatic rings. The first kappa shape index (κ1) is 29.9. The first-order chi connectivity index (χ1) is 27.2. The van der Waals surface area contributed by atoms with Crippen molar-refractivity contribution in [3.63, 3.8) is 0 Å². The molecule has 0 N–H and O–H groups in total. The first-order valence-electron chi connectivity index (χ1n) is 18.3. The van der Waals surface area contributed by atoms with Gasteiger partial charge in [0.2, 0.25) is 5.89 Å². The molecule has 0 unspecified atom stereocenters. The van der Waals surface area contributed by atoms with Crippen molar-refractivity contribution in [2.45, 2.75) is 0 Å². The standard InChI is InChI=1S/C49H28N2O4/c1-2-8-30(9-3-1)49-50-41-28-47-40(27-48(41)55-49)37-21-16-31(24-46(37)54-47)29-14-17-32(18-15-29)51(33-19-22-44-38(25-33)35-10-4-6-12-42(35)52-44)34-20-23-45-39(26-34)36-11-5-7-13-43(36)53-45/h1-28H. The van der Waals surface area contributed by atoms with E-state index in [-0.39, 0.29) is 0 Å². The van der Waals surface area contributed by atoms with Crippen LogP contribution in [0.15, 0.2) is 188 Å². The number of aromatic nitrogens is 1. The number of furan rings is 3. The summed E-state index contributed by atoms with van der Waals surface area (Å²) in [5, 5.41) is 6.36. The summed E-state index contributed by atoms with van der Waals surface area (Å²) >= 11 is 0. The Morgan fingerprint density at radius 1 is 0.309 bits per heavy atom. The smallest absolute Gasteiger partial charge is 0.227 e. The number of anilines is 3. The molecular formula is C49H28N2O4. The van der Waals surface area contributed by atoms with Gasteiger partial charge in [-0.2, -0.15) is 0 Å². The molecule has 12 aromatic rings. The highest BCUT2D eigenvalue weighted by Crippen LogP contribution is 2.42. The van der Waals surface area contributed by atoms with Crippen LogP contribution in [0.5, 0.6) is 0 Å². The van der Waals surface area contributed by atoms with Gasteiger partial charge >= 0.3 is 0 Å². The topological polar surface area (TPSA) is 68.7 Å². The van der Waals surface area contributed by atoms with Crippen molar-refractivity contribution in [2.24, 2.45) is 0 Å². The minimum Gasteiger partial charge on any atom is -0.456 e. The van der Waals surface area contributed by atoms with Crippen LogP contribution in [0.3, 0.4) is 0 Å². The van der Waals surface area contributed by atoms with Gasteiger partial charge in [-0.3, -0.25) is 0 Å². The number of hydrogen-bond acceptors (Lipinski definition) is 6. The third-order valence-corrected chi connectivity index (χ3v) is 10.7. The van der Waals surface area contributed by atoms with Crippen molar-refractivity contribution in [2.75, 3.05) is 4.90 Å². The molecule has 8 aromatic carbocycles. The van der Waals surface area contributed by atoms with E-state index in [0.717, 1.165) is 111 Å². The van der Waals surface area contributed by atoms with E-state index in [1.807, 2.05) is 66.7 Å². The second-order valence-corrected chi connectivity index (χ2v) is 14.0. The van der Waals surface area contributed by atoms with Crippen LogP contribution in [0.25, 0.3) is 99.5 Å². The average Bonchev–Trinajstić information content (AvgIpc) is 4.01. The van der Waals surface area contributed by atoms with Crippen LogP contribution in [0.2, 0.25) is 0 Å². The highest BCUT2D eigenvalue weighted by Gasteiger charge is 2.19. The van der Waals surface area contributed by atoms with Crippen LogP contribution in [-0.4, -0.2) is 4.98 Å². The Morgan fingerprint density at radius 3 is 1.53 bits per heavy atom. The molecule has 12 rings (SSSR count). The fourth-order valence-corrected chi connectivity index (χ4v) is 8.04. The summed E-state index contributed by atoms with van der Waals surface area (Å²) in [5.41, 5.74) is 12.7. The molecule has 4 aromatic heterocycles. The number of hydrogen-bond donors (Lipinski definition) is 0. The van der Waals surface area contributed by atoms with Crippen molar-refractivity contribution in [3.8, 4) is 22.6 Å². The highest BCUT2D eigenvalue weighted by molar-refractivity contribution is 6.10. The van der Waals surface area contributed by atoms with Crippen LogP contribution in [0.1, 0.15) is 0 Å². The summed E-state index contributed by atoms with van der Waals surface area (Å²) in [5.74, 6) is 0.600. The Labute approximate surface area is 313 Å². The average molecular weight is 709 g/mol. The number of nitrogens with zero attached hydrogens (tertiary/aromatic N) is 2. The van der Waals surface area contributed by atoms with E-state index in [0.29, 0.717) is 5.89 Å². The maximum Gasteiger partial charge on any atom is 0.227 e. The molecule has 0 atom stereocenters. The van der Waals surface area contributed by atoms with Gasteiger partial charge in [0, 0.05) is 61.0 Å². The lowest BCUT2D eigenvalue weighted by Crippen LogP contribution is -2.09. The highest BCUT2D eigenvalue weighted by atomic mass is 16.4. The molecule has 0 radical (unpaired) electrons. The van der Waals surface area contributed by atoms with Crippen LogP contribution in [0, 0.1) is 0 Å². The molecule has 0 aliphatic carbocycles. The second kappa shape index (κ2) is 11.5. The van der Waals surface area contributed by atoms with Gasteiger partial charge in [-0.15, -0.1) is 0 Å². The number of para-hydroxylation sites is 2. The quantitative estimate of drug-likeness (QED) is 0.177.